The highest BCUT2D eigenvalue weighted by atomic mass is 15.1. The molecular formula is C56H39N. The Kier molecular flexibility index (Phi) is 7.84. The smallest absolute Gasteiger partial charge is 0.0645 e. The second-order valence-corrected chi connectivity index (χ2v) is 14.2. The number of hydrogen-bond donors (Lipinski definition) is 0. The zero-order valence-corrected chi connectivity index (χ0v) is 31.2. The van der Waals surface area contributed by atoms with Crippen molar-refractivity contribution in [1.82, 2.24) is 0 Å². The Morgan fingerprint density at radius 2 is 0.825 bits per heavy atom. The van der Waals surface area contributed by atoms with Gasteiger partial charge in [-0.3, -0.25) is 0 Å². The Hall–Kier alpha value is -7.48. The number of rotatable bonds is 8. The van der Waals surface area contributed by atoms with Gasteiger partial charge >= 0.3 is 0 Å². The van der Waals surface area contributed by atoms with E-state index in [1.54, 1.807) is 0 Å². The summed E-state index contributed by atoms with van der Waals surface area (Å²) in [6.07, 6.45) is 0. The lowest BCUT2D eigenvalue weighted by molar-refractivity contribution is 1.28. The van der Waals surface area contributed by atoms with E-state index in [4.69, 9.17) is 0 Å². The standard InChI is InChI=1S/C56H39N/c1-3-14-44(15-4-1)52-20-11-12-22-55(52)57(50-34-29-42(30-35-50)41-23-25-43(26-24-41)49-28-27-40-13-7-8-19-48(40)39-49)51-36-31-47(32-37-51)56-53-21-10-9-18-46(53)33-38-54(56)45-16-5-2-6-17-45/h1-39H/i29D,30D,34D,35D. The Bertz CT molecular complexity index is 3190. The molecule has 10 aromatic carbocycles. The summed E-state index contributed by atoms with van der Waals surface area (Å²) in [6.45, 7) is 0. The quantitative estimate of drug-likeness (QED) is 0.151. The summed E-state index contributed by atoms with van der Waals surface area (Å²) >= 11 is 0. The highest BCUT2D eigenvalue weighted by Gasteiger charge is 2.19. The molecule has 0 amide bonds. The van der Waals surface area contributed by atoms with Crippen molar-refractivity contribution in [2.24, 2.45) is 0 Å². The van der Waals surface area contributed by atoms with Gasteiger partial charge in [-0.05, 0) is 108 Å². The first-order valence-electron chi connectivity index (χ1n) is 21.3. The van der Waals surface area contributed by atoms with Crippen LogP contribution in [-0.2, 0) is 0 Å². The zero-order valence-electron chi connectivity index (χ0n) is 35.2. The monoisotopic (exact) mass is 729 g/mol. The normalized spacial score (nSPS) is 12.1. The van der Waals surface area contributed by atoms with E-state index in [2.05, 4.69) is 103 Å². The summed E-state index contributed by atoms with van der Waals surface area (Å²) in [5, 5.41) is 4.61. The molecule has 0 aliphatic rings. The molecule has 1 nitrogen and oxygen atoms in total. The predicted octanol–water partition coefficient (Wildman–Crippen LogP) is 15.8. The first-order valence-corrected chi connectivity index (χ1v) is 19.3. The summed E-state index contributed by atoms with van der Waals surface area (Å²) in [7, 11) is 0. The van der Waals surface area contributed by atoms with Crippen LogP contribution in [0.25, 0.3) is 77.2 Å². The molecular weight excluding hydrogens is 687 g/mol. The minimum atomic E-state index is -0.123. The van der Waals surface area contributed by atoms with Crippen LogP contribution >= 0.6 is 0 Å². The van der Waals surface area contributed by atoms with Crippen molar-refractivity contribution in [1.29, 1.82) is 0 Å². The molecule has 0 heterocycles. The number of fused-ring (bicyclic) bond motifs is 2. The molecule has 0 fully saturated rings. The molecule has 268 valence electrons. The van der Waals surface area contributed by atoms with Gasteiger partial charge in [-0.15, -0.1) is 0 Å². The fourth-order valence-electron chi connectivity index (χ4n) is 7.90. The van der Waals surface area contributed by atoms with Crippen molar-refractivity contribution in [3.8, 4) is 55.6 Å². The van der Waals surface area contributed by atoms with Gasteiger partial charge in [-0.2, -0.15) is 0 Å². The molecule has 0 unspecified atom stereocenters. The van der Waals surface area contributed by atoms with E-state index >= 15 is 0 Å². The van der Waals surface area contributed by atoms with Crippen LogP contribution in [0.5, 0.6) is 0 Å². The van der Waals surface area contributed by atoms with Gasteiger partial charge < -0.3 is 4.90 Å². The second kappa shape index (κ2) is 15.0. The van der Waals surface area contributed by atoms with Gasteiger partial charge in [0.15, 0.2) is 0 Å². The van der Waals surface area contributed by atoms with Crippen molar-refractivity contribution in [3.05, 3.63) is 236 Å². The average Bonchev–Trinajstić information content (AvgIpc) is 3.33. The predicted molar refractivity (Wildman–Crippen MR) is 243 cm³/mol. The van der Waals surface area contributed by atoms with E-state index in [0.717, 1.165) is 66.4 Å². The van der Waals surface area contributed by atoms with Gasteiger partial charge in [0.05, 0.1) is 11.2 Å². The van der Waals surface area contributed by atoms with Crippen LogP contribution in [0.3, 0.4) is 0 Å². The molecule has 0 saturated carbocycles. The van der Waals surface area contributed by atoms with E-state index in [1.165, 1.54) is 5.39 Å². The summed E-state index contributed by atoms with van der Waals surface area (Å²) < 4.78 is 38.2. The number of benzene rings is 10. The van der Waals surface area contributed by atoms with Crippen LogP contribution in [0.15, 0.2) is 236 Å². The zero-order chi connectivity index (χ0) is 41.5. The third-order valence-electron chi connectivity index (χ3n) is 10.7. The third kappa shape index (κ3) is 6.66. The Morgan fingerprint density at radius 3 is 1.54 bits per heavy atom. The first-order chi connectivity index (χ1) is 29.9. The minimum absolute atomic E-state index is 0.100. The third-order valence-corrected chi connectivity index (χ3v) is 10.7. The van der Waals surface area contributed by atoms with Crippen molar-refractivity contribution in [3.63, 3.8) is 0 Å². The molecule has 0 aliphatic carbocycles. The maximum absolute atomic E-state index is 9.64. The van der Waals surface area contributed by atoms with E-state index in [1.807, 2.05) is 114 Å². The topological polar surface area (TPSA) is 3.24 Å². The molecule has 0 spiro atoms. The Balaban J connectivity index is 1.12. The van der Waals surface area contributed by atoms with Crippen molar-refractivity contribution in [2.75, 3.05) is 4.90 Å². The second-order valence-electron chi connectivity index (χ2n) is 14.2. The molecule has 0 radical (unpaired) electrons. The molecule has 0 aromatic heterocycles. The summed E-state index contributed by atoms with van der Waals surface area (Å²) in [5.41, 5.74) is 10.9. The van der Waals surface area contributed by atoms with Gasteiger partial charge in [0, 0.05) is 16.9 Å². The maximum atomic E-state index is 9.64. The van der Waals surface area contributed by atoms with Gasteiger partial charge in [-0.25, -0.2) is 0 Å². The van der Waals surface area contributed by atoms with E-state index in [-0.39, 0.29) is 35.4 Å². The van der Waals surface area contributed by atoms with Crippen LogP contribution in [0.4, 0.5) is 17.1 Å². The fourth-order valence-corrected chi connectivity index (χ4v) is 7.90. The van der Waals surface area contributed by atoms with Crippen molar-refractivity contribution >= 4 is 38.6 Å². The van der Waals surface area contributed by atoms with Crippen LogP contribution in [0.2, 0.25) is 0 Å². The molecule has 0 atom stereocenters. The number of hydrogen-bond acceptors (Lipinski definition) is 1. The molecule has 0 N–H and O–H groups in total. The van der Waals surface area contributed by atoms with Crippen LogP contribution in [0.1, 0.15) is 5.48 Å². The summed E-state index contributed by atoms with van der Waals surface area (Å²) in [4.78, 5) is 1.89. The lowest BCUT2D eigenvalue weighted by Crippen LogP contribution is -2.11. The molecule has 0 aliphatic heterocycles. The van der Waals surface area contributed by atoms with E-state index in [0.29, 0.717) is 11.3 Å². The molecule has 0 bridgehead atoms. The summed E-state index contributed by atoms with van der Waals surface area (Å²) in [6, 6.07) is 71.4. The fraction of sp³-hybridized carbons (Fsp3) is 0. The maximum Gasteiger partial charge on any atom is 0.0645 e. The lowest BCUT2D eigenvalue weighted by Gasteiger charge is -2.28. The van der Waals surface area contributed by atoms with Crippen LogP contribution < -0.4 is 4.90 Å². The van der Waals surface area contributed by atoms with Crippen LogP contribution in [-0.4, -0.2) is 0 Å². The van der Waals surface area contributed by atoms with Gasteiger partial charge in [-0.1, -0.05) is 200 Å². The number of para-hydroxylation sites is 1. The number of anilines is 3. The SMILES string of the molecule is [2H]c1c([2H])c(N(c2ccc(-c3c(-c4ccccc4)ccc4ccccc34)cc2)c2ccccc2-c2ccccc2)c([2H])c([2H])c1-c1ccc(-c2ccc3ccccc3c2)cc1. The molecule has 10 rings (SSSR count). The Labute approximate surface area is 340 Å². The van der Waals surface area contributed by atoms with Gasteiger partial charge in [0.2, 0.25) is 0 Å². The lowest BCUT2D eigenvalue weighted by atomic mass is 9.89. The molecule has 0 saturated heterocycles. The van der Waals surface area contributed by atoms with E-state index in [9.17, 15) is 5.48 Å². The van der Waals surface area contributed by atoms with Gasteiger partial charge in [0.25, 0.3) is 0 Å². The van der Waals surface area contributed by atoms with Crippen molar-refractivity contribution in [2.45, 2.75) is 0 Å². The first kappa shape index (κ1) is 29.8. The largest absolute Gasteiger partial charge is 0.310 e. The highest BCUT2D eigenvalue weighted by Crippen LogP contribution is 2.44. The van der Waals surface area contributed by atoms with E-state index < -0.39 is 0 Å². The highest BCUT2D eigenvalue weighted by molar-refractivity contribution is 6.04. The molecule has 10 aromatic rings. The molecule has 57 heavy (non-hydrogen) atoms. The minimum Gasteiger partial charge on any atom is -0.310 e. The average molecular weight is 730 g/mol. The molecule has 1 heteroatoms. The van der Waals surface area contributed by atoms with Gasteiger partial charge in [0.1, 0.15) is 0 Å². The summed E-state index contributed by atoms with van der Waals surface area (Å²) in [5.74, 6) is 0. The van der Waals surface area contributed by atoms with Crippen molar-refractivity contribution < 1.29 is 5.48 Å². The van der Waals surface area contributed by atoms with Crippen LogP contribution in [0, 0.1) is 0 Å². The number of nitrogens with zero attached hydrogens (tertiary/aromatic N) is 1. The Morgan fingerprint density at radius 1 is 0.298 bits per heavy atom.